The lowest BCUT2D eigenvalue weighted by atomic mass is 10.1. The highest BCUT2D eigenvalue weighted by molar-refractivity contribution is 5.96. The Morgan fingerprint density at radius 3 is 2.05 bits per heavy atom. The molecule has 0 aromatic heterocycles. The van der Waals surface area contributed by atoms with Crippen LogP contribution in [0, 0.1) is 0 Å². The Kier molecular flexibility index (Phi) is 4.04. The molecule has 2 nitrogen and oxygen atoms in total. The number of halogens is 6. The molecule has 0 fully saturated rings. The molecule has 0 aliphatic carbocycles. The molecule has 0 spiro atoms. The van der Waals surface area contributed by atoms with E-state index < -0.39 is 29.8 Å². The number of benzene rings is 2. The maximum absolute atomic E-state index is 12.6. The zero-order chi connectivity index (χ0) is 16.5. The van der Waals surface area contributed by atoms with E-state index in [1.54, 1.807) is 6.07 Å². The Labute approximate surface area is 120 Å². The topological polar surface area (TPSA) is 26.3 Å². The molecule has 0 heterocycles. The molecule has 2 aromatic carbocycles. The van der Waals surface area contributed by atoms with Gasteiger partial charge in [-0.2, -0.15) is 26.3 Å². The molecule has 0 radical (unpaired) electrons. The minimum absolute atomic E-state index is 0.00870. The summed E-state index contributed by atoms with van der Waals surface area (Å²) in [7, 11) is 0. The van der Waals surface area contributed by atoms with Crippen molar-refractivity contribution in [3.63, 3.8) is 0 Å². The first-order chi connectivity index (χ1) is 10.1. The number of hydrogen-bond donors (Lipinski definition) is 0. The zero-order valence-corrected chi connectivity index (χ0v) is 10.7. The number of aldehydes is 1. The fourth-order valence-corrected chi connectivity index (χ4v) is 1.92. The van der Waals surface area contributed by atoms with Crippen LogP contribution in [0.2, 0.25) is 0 Å². The van der Waals surface area contributed by atoms with Gasteiger partial charge in [0.15, 0.2) is 6.29 Å². The third-order valence-corrected chi connectivity index (χ3v) is 2.87. The Balaban J connectivity index is 2.60. The monoisotopic (exact) mass is 322 g/mol. The van der Waals surface area contributed by atoms with Gasteiger partial charge in [0.05, 0.1) is 5.56 Å². The van der Waals surface area contributed by atoms with Gasteiger partial charge in [0.1, 0.15) is 5.75 Å². The van der Waals surface area contributed by atoms with Crippen LogP contribution in [0.15, 0.2) is 36.4 Å². The Hall–Kier alpha value is -2.25. The predicted molar refractivity (Wildman–Crippen MR) is 65.9 cm³/mol. The first kappa shape index (κ1) is 16.1. The van der Waals surface area contributed by atoms with Gasteiger partial charge < -0.3 is 4.74 Å². The van der Waals surface area contributed by atoms with Crippen molar-refractivity contribution in [3.05, 3.63) is 42.0 Å². The average Bonchev–Trinajstić information content (AvgIpc) is 2.41. The van der Waals surface area contributed by atoms with Crippen molar-refractivity contribution in [1.82, 2.24) is 0 Å². The summed E-state index contributed by atoms with van der Waals surface area (Å²) in [4.78, 5) is 10.9. The third-order valence-electron chi connectivity index (χ3n) is 2.87. The second-order valence-electron chi connectivity index (χ2n) is 4.40. The molecule has 22 heavy (non-hydrogen) atoms. The lowest BCUT2D eigenvalue weighted by Crippen LogP contribution is -2.46. The molecular weight excluding hydrogens is 314 g/mol. The molecule has 2 aromatic rings. The largest absolute Gasteiger partial charge is 0.470 e. The maximum atomic E-state index is 12.6. The zero-order valence-electron chi connectivity index (χ0n) is 10.7. The second kappa shape index (κ2) is 5.51. The van der Waals surface area contributed by atoms with E-state index in [4.69, 9.17) is 0 Å². The third kappa shape index (κ3) is 3.15. The summed E-state index contributed by atoms with van der Waals surface area (Å²) < 4.78 is 79.8. The van der Waals surface area contributed by atoms with E-state index in [0.29, 0.717) is 5.39 Å². The molecular formula is C14H8F6O2. The lowest BCUT2D eigenvalue weighted by Gasteiger charge is -2.25. The summed E-state index contributed by atoms with van der Waals surface area (Å²) in [6.07, 6.45) is -15.2. The minimum Gasteiger partial charge on any atom is -0.470 e. The number of rotatable bonds is 3. The quantitative estimate of drug-likeness (QED) is 0.613. The van der Waals surface area contributed by atoms with Gasteiger partial charge in [-0.3, -0.25) is 4.79 Å². The van der Waals surface area contributed by atoms with Crippen molar-refractivity contribution in [2.24, 2.45) is 0 Å². The summed E-state index contributed by atoms with van der Waals surface area (Å²) >= 11 is 0. The Morgan fingerprint density at radius 1 is 0.909 bits per heavy atom. The molecule has 0 N–H and O–H groups in total. The van der Waals surface area contributed by atoms with Crippen LogP contribution in [0.5, 0.6) is 5.75 Å². The molecule has 0 saturated carbocycles. The fourth-order valence-electron chi connectivity index (χ4n) is 1.92. The van der Waals surface area contributed by atoms with Crippen LogP contribution in [0.25, 0.3) is 10.8 Å². The first-order valence-electron chi connectivity index (χ1n) is 5.91. The van der Waals surface area contributed by atoms with E-state index in [1.165, 1.54) is 24.3 Å². The van der Waals surface area contributed by atoms with E-state index in [9.17, 15) is 31.1 Å². The average molecular weight is 322 g/mol. The number of alkyl halides is 6. The van der Waals surface area contributed by atoms with Crippen molar-refractivity contribution in [2.75, 3.05) is 0 Å². The van der Waals surface area contributed by atoms with Gasteiger partial charge in [0.25, 0.3) is 6.10 Å². The number of carbonyl (C=O) groups excluding carboxylic acids is 1. The van der Waals surface area contributed by atoms with Crippen LogP contribution in [0.1, 0.15) is 10.4 Å². The van der Waals surface area contributed by atoms with Gasteiger partial charge in [0.2, 0.25) is 0 Å². The summed E-state index contributed by atoms with van der Waals surface area (Å²) in [6, 6.07) is 8.24. The molecule has 0 bridgehead atoms. The first-order valence-corrected chi connectivity index (χ1v) is 5.91. The minimum atomic E-state index is -5.66. The standard InChI is InChI=1S/C14H8F6O2/c15-13(16,17)12(14(18,19)20)22-11-9(7-21)6-5-8-3-1-2-4-10(8)11/h1-7,12H. The van der Waals surface area contributed by atoms with E-state index in [1.807, 2.05) is 0 Å². The van der Waals surface area contributed by atoms with E-state index in [0.717, 1.165) is 6.07 Å². The van der Waals surface area contributed by atoms with Crippen LogP contribution in [-0.2, 0) is 0 Å². The summed E-state index contributed by atoms with van der Waals surface area (Å²) in [5.41, 5.74) is -0.391. The molecule has 0 aliphatic heterocycles. The predicted octanol–water partition coefficient (Wildman–Crippen LogP) is 4.52. The molecule has 0 unspecified atom stereocenters. The number of carbonyl (C=O) groups is 1. The highest BCUT2D eigenvalue weighted by Gasteiger charge is 2.59. The van der Waals surface area contributed by atoms with Gasteiger partial charge >= 0.3 is 12.4 Å². The van der Waals surface area contributed by atoms with Gasteiger partial charge in [-0.15, -0.1) is 0 Å². The molecule has 0 amide bonds. The molecule has 118 valence electrons. The van der Waals surface area contributed by atoms with Gasteiger partial charge in [0, 0.05) is 5.39 Å². The molecule has 0 atom stereocenters. The summed E-state index contributed by atoms with van der Waals surface area (Å²) in [6.45, 7) is 0. The van der Waals surface area contributed by atoms with Gasteiger partial charge in [-0.25, -0.2) is 0 Å². The summed E-state index contributed by atoms with van der Waals surface area (Å²) in [5, 5.41) is 0.344. The Bertz CT molecular complexity index is 676. The number of fused-ring (bicyclic) bond motifs is 1. The van der Waals surface area contributed by atoms with Crippen molar-refractivity contribution < 1.29 is 35.9 Å². The summed E-state index contributed by atoms with van der Waals surface area (Å²) in [5.74, 6) is -0.743. The second-order valence-corrected chi connectivity index (χ2v) is 4.40. The lowest BCUT2D eigenvalue weighted by molar-refractivity contribution is -0.299. The van der Waals surface area contributed by atoms with Gasteiger partial charge in [-0.1, -0.05) is 30.3 Å². The highest BCUT2D eigenvalue weighted by atomic mass is 19.4. The normalized spacial score (nSPS) is 12.7. The molecule has 0 aliphatic rings. The van der Waals surface area contributed by atoms with Crippen molar-refractivity contribution in [2.45, 2.75) is 18.5 Å². The molecule has 8 heteroatoms. The SMILES string of the molecule is O=Cc1ccc2ccccc2c1OC(C(F)(F)F)C(F)(F)F. The smallest absolute Gasteiger partial charge is 0.434 e. The van der Waals surface area contributed by atoms with E-state index in [2.05, 4.69) is 4.74 Å². The van der Waals surface area contributed by atoms with Crippen molar-refractivity contribution in [3.8, 4) is 5.75 Å². The number of ether oxygens (including phenoxy) is 1. The van der Waals surface area contributed by atoms with Crippen molar-refractivity contribution >= 4 is 17.1 Å². The van der Waals surface area contributed by atoms with E-state index >= 15 is 0 Å². The molecule has 2 rings (SSSR count). The van der Waals surface area contributed by atoms with Crippen LogP contribution < -0.4 is 4.74 Å². The van der Waals surface area contributed by atoms with Crippen LogP contribution in [0.3, 0.4) is 0 Å². The van der Waals surface area contributed by atoms with Crippen molar-refractivity contribution in [1.29, 1.82) is 0 Å². The van der Waals surface area contributed by atoms with Crippen LogP contribution >= 0.6 is 0 Å². The number of hydrogen-bond acceptors (Lipinski definition) is 2. The Morgan fingerprint density at radius 2 is 1.50 bits per heavy atom. The fraction of sp³-hybridized carbons (Fsp3) is 0.214. The van der Waals surface area contributed by atoms with Crippen LogP contribution in [0.4, 0.5) is 26.3 Å². The highest BCUT2D eigenvalue weighted by Crippen LogP contribution is 2.39. The van der Waals surface area contributed by atoms with Crippen LogP contribution in [-0.4, -0.2) is 24.7 Å². The van der Waals surface area contributed by atoms with Gasteiger partial charge in [-0.05, 0) is 11.5 Å². The van der Waals surface area contributed by atoms with E-state index in [-0.39, 0.29) is 11.7 Å². The molecule has 0 saturated heterocycles. The maximum Gasteiger partial charge on any atom is 0.434 e.